The molecule has 0 aromatic heterocycles. The molecule has 3 amide bonds. The summed E-state index contributed by atoms with van der Waals surface area (Å²) in [5, 5.41) is 25.6. The predicted octanol–water partition coefficient (Wildman–Crippen LogP) is -0.559. The zero-order valence-corrected chi connectivity index (χ0v) is 17.9. The van der Waals surface area contributed by atoms with Crippen molar-refractivity contribution in [3.8, 4) is 0 Å². The van der Waals surface area contributed by atoms with E-state index in [1.807, 2.05) is 6.92 Å². The van der Waals surface area contributed by atoms with Gasteiger partial charge in [-0.15, -0.1) is 0 Å². The summed E-state index contributed by atoms with van der Waals surface area (Å²) in [6.45, 7) is 6.66. The summed E-state index contributed by atoms with van der Waals surface area (Å²) in [7, 11) is 0. The predicted molar refractivity (Wildman–Crippen MR) is 108 cm³/mol. The van der Waals surface area contributed by atoms with Crippen LogP contribution >= 0.6 is 0 Å². The monoisotopic (exact) mass is 430 g/mol. The lowest BCUT2D eigenvalue weighted by atomic mass is 9.97. The van der Waals surface area contributed by atoms with Crippen LogP contribution in [0.1, 0.15) is 53.4 Å². The molecular weight excluding hydrogens is 396 g/mol. The van der Waals surface area contributed by atoms with Crippen molar-refractivity contribution in [1.29, 1.82) is 0 Å². The lowest BCUT2D eigenvalue weighted by Crippen LogP contribution is -2.58. The minimum Gasteiger partial charge on any atom is -0.481 e. The van der Waals surface area contributed by atoms with Crippen molar-refractivity contribution in [2.75, 3.05) is 6.54 Å². The van der Waals surface area contributed by atoms with Crippen molar-refractivity contribution in [2.24, 2.45) is 17.6 Å². The van der Waals surface area contributed by atoms with Gasteiger partial charge in [-0.3, -0.25) is 19.2 Å². The summed E-state index contributed by atoms with van der Waals surface area (Å²) in [6.07, 6.45) is 0.384. The fourth-order valence-corrected chi connectivity index (χ4v) is 2.67. The summed E-state index contributed by atoms with van der Waals surface area (Å²) >= 11 is 0. The van der Waals surface area contributed by atoms with E-state index in [9.17, 15) is 29.1 Å². The van der Waals surface area contributed by atoms with E-state index < -0.39 is 54.2 Å². The van der Waals surface area contributed by atoms with Gasteiger partial charge >= 0.3 is 11.9 Å². The Morgan fingerprint density at radius 3 is 1.80 bits per heavy atom. The average Bonchev–Trinajstić information content (AvgIpc) is 2.70. The first-order chi connectivity index (χ1) is 14.0. The van der Waals surface area contributed by atoms with E-state index in [2.05, 4.69) is 16.0 Å². The van der Waals surface area contributed by atoms with Crippen molar-refractivity contribution >= 4 is 29.7 Å². The Bertz CT molecular complexity index is 626. The molecule has 0 radical (unpaired) electrons. The van der Waals surface area contributed by atoms with Crippen molar-refractivity contribution in [2.45, 2.75) is 71.5 Å². The molecule has 0 spiro atoms. The number of hydrogen-bond donors (Lipinski definition) is 6. The largest absolute Gasteiger partial charge is 0.481 e. The maximum Gasteiger partial charge on any atom is 0.326 e. The number of carboxylic acid groups (broad SMARTS) is 2. The minimum atomic E-state index is -1.28. The number of amides is 3. The van der Waals surface area contributed by atoms with Gasteiger partial charge in [0.05, 0.1) is 6.54 Å². The second-order valence-corrected chi connectivity index (χ2v) is 7.34. The van der Waals surface area contributed by atoms with Crippen molar-refractivity contribution < 1.29 is 34.2 Å². The molecule has 30 heavy (non-hydrogen) atoms. The molecule has 5 unspecified atom stereocenters. The van der Waals surface area contributed by atoms with Crippen LogP contribution in [0.5, 0.6) is 0 Å². The highest BCUT2D eigenvalue weighted by Gasteiger charge is 2.32. The summed E-state index contributed by atoms with van der Waals surface area (Å²) in [5.74, 6) is -5.08. The second-order valence-electron chi connectivity index (χ2n) is 7.34. The van der Waals surface area contributed by atoms with Gasteiger partial charge < -0.3 is 31.9 Å². The van der Waals surface area contributed by atoms with Crippen LogP contribution in [0.25, 0.3) is 0 Å². The second kappa shape index (κ2) is 13.5. The van der Waals surface area contributed by atoms with Gasteiger partial charge in [-0.1, -0.05) is 40.5 Å². The maximum absolute atomic E-state index is 12.8. The summed E-state index contributed by atoms with van der Waals surface area (Å²) in [5.41, 5.74) is 5.29. The quantitative estimate of drug-likeness (QED) is 0.211. The minimum absolute atomic E-state index is 0.238. The van der Waals surface area contributed by atoms with E-state index in [1.54, 1.807) is 20.8 Å². The molecule has 11 nitrogen and oxygen atoms in total. The topological polar surface area (TPSA) is 188 Å². The molecule has 0 heterocycles. The zero-order chi connectivity index (χ0) is 23.4. The van der Waals surface area contributed by atoms with Gasteiger partial charge in [0.25, 0.3) is 0 Å². The molecule has 0 fully saturated rings. The highest BCUT2D eigenvalue weighted by molar-refractivity contribution is 5.94. The molecule has 0 bridgehead atoms. The van der Waals surface area contributed by atoms with Gasteiger partial charge in [-0.2, -0.15) is 0 Å². The van der Waals surface area contributed by atoms with E-state index in [0.29, 0.717) is 12.8 Å². The SMILES string of the molecule is CCC(C)C(NC(=O)C(CCC(=O)O)NC(=O)C(NC(=O)CN)C(C)CC)C(=O)O. The average molecular weight is 431 g/mol. The van der Waals surface area contributed by atoms with Crippen LogP contribution in [0.15, 0.2) is 0 Å². The third-order valence-electron chi connectivity index (χ3n) is 5.05. The Balaban J connectivity index is 5.54. The van der Waals surface area contributed by atoms with E-state index in [-0.39, 0.29) is 24.8 Å². The maximum atomic E-state index is 12.8. The van der Waals surface area contributed by atoms with Crippen LogP contribution in [0.2, 0.25) is 0 Å². The molecule has 11 heteroatoms. The fraction of sp³-hybridized carbons (Fsp3) is 0.737. The first-order valence-electron chi connectivity index (χ1n) is 10.0. The molecular formula is C19H34N4O7. The number of nitrogens with two attached hydrogens (primary N) is 1. The van der Waals surface area contributed by atoms with E-state index in [0.717, 1.165) is 0 Å². The molecule has 0 aliphatic rings. The zero-order valence-electron chi connectivity index (χ0n) is 17.9. The standard InChI is InChI=1S/C19H34N4O7/c1-5-10(3)15(22-13(24)9-20)18(28)21-12(7-8-14(25)26)17(27)23-16(19(29)30)11(4)6-2/h10-12,15-16H,5-9,20H2,1-4H3,(H,21,28)(H,22,24)(H,23,27)(H,25,26)(H,29,30). The molecule has 0 aromatic carbocycles. The molecule has 0 saturated carbocycles. The Hall–Kier alpha value is -2.69. The highest BCUT2D eigenvalue weighted by atomic mass is 16.4. The van der Waals surface area contributed by atoms with Crippen LogP contribution in [0.3, 0.4) is 0 Å². The van der Waals surface area contributed by atoms with Gasteiger partial charge in [0, 0.05) is 6.42 Å². The van der Waals surface area contributed by atoms with Crippen molar-refractivity contribution in [3.05, 3.63) is 0 Å². The summed E-state index contributed by atoms with van der Waals surface area (Å²) in [4.78, 5) is 59.5. The van der Waals surface area contributed by atoms with Crippen molar-refractivity contribution in [3.63, 3.8) is 0 Å². The molecule has 0 saturated heterocycles. The van der Waals surface area contributed by atoms with Crippen LogP contribution in [-0.2, 0) is 24.0 Å². The van der Waals surface area contributed by atoms with E-state index >= 15 is 0 Å². The smallest absolute Gasteiger partial charge is 0.326 e. The highest BCUT2D eigenvalue weighted by Crippen LogP contribution is 2.11. The Morgan fingerprint density at radius 2 is 1.37 bits per heavy atom. The number of aliphatic carboxylic acids is 2. The molecule has 0 aromatic rings. The van der Waals surface area contributed by atoms with E-state index in [4.69, 9.17) is 10.8 Å². The number of carboxylic acids is 2. The Kier molecular flexibility index (Phi) is 12.3. The first-order valence-corrected chi connectivity index (χ1v) is 10.0. The molecule has 0 aliphatic carbocycles. The number of rotatable bonds is 14. The van der Waals surface area contributed by atoms with Crippen LogP contribution in [0.4, 0.5) is 0 Å². The number of nitrogens with one attached hydrogen (secondary N) is 3. The molecule has 0 rings (SSSR count). The Labute approximate surface area is 176 Å². The first kappa shape index (κ1) is 27.3. The lowest BCUT2D eigenvalue weighted by Gasteiger charge is -2.27. The summed E-state index contributed by atoms with van der Waals surface area (Å²) in [6, 6.07) is -3.44. The summed E-state index contributed by atoms with van der Waals surface area (Å²) < 4.78 is 0. The van der Waals surface area contributed by atoms with Crippen LogP contribution in [0, 0.1) is 11.8 Å². The van der Waals surface area contributed by atoms with Crippen molar-refractivity contribution in [1.82, 2.24) is 16.0 Å². The third-order valence-corrected chi connectivity index (χ3v) is 5.05. The molecule has 7 N–H and O–H groups in total. The van der Waals surface area contributed by atoms with Gasteiger partial charge in [-0.25, -0.2) is 4.79 Å². The lowest BCUT2D eigenvalue weighted by molar-refractivity contribution is -0.144. The van der Waals surface area contributed by atoms with Crippen LogP contribution < -0.4 is 21.7 Å². The van der Waals surface area contributed by atoms with Gasteiger partial charge in [-0.05, 0) is 18.3 Å². The molecule has 0 aliphatic heterocycles. The number of carbonyl (C=O) groups excluding carboxylic acids is 3. The number of carbonyl (C=O) groups is 5. The van der Waals surface area contributed by atoms with Gasteiger partial charge in [0.2, 0.25) is 17.7 Å². The fourth-order valence-electron chi connectivity index (χ4n) is 2.67. The van der Waals surface area contributed by atoms with Gasteiger partial charge in [0.1, 0.15) is 18.1 Å². The van der Waals surface area contributed by atoms with E-state index in [1.165, 1.54) is 0 Å². The molecule has 172 valence electrons. The normalized spacial score (nSPS) is 15.8. The third kappa shape index (κ3) is 9.21. The molecule has 5 atom stereocenters. The number of hydrogen-bond acceptors (Lipinski definition) is 6. The van der Waals surface area contributed by atoms with Crippen LogP contribution in [-0.4, -0.2) is 64.5 Å². The Morgan fingerprint density at radius 1 is 0.833 bits per heavy atom. The van der Waals surface area contributed by atoms with Gasteiger partial charge in [0.15, 0.2) is 0 Å².